The van der Waals surface area contributed by atoms with E-state index in [9.17, 15) is 4.79 Å². The number of H-pyrrole nitrogens is 1. The number of nitrogens with two attached hydrogens (primary N) is 1. The number of nitrogen functional groups attached to an aromatic ring is 1. The molecule has 0 unspecified atom stereocenters. The van der Waals surface area contributed by atoms with E-state index in [0.717, 1.165) is 16.3 Å². The number of carbonyl (C=O) groups excluding carboxylic acids is 1. The normalized spacial score (nSPS) is 10.6. The van der Waals surface area contributed by atoms with Gasteiger partial charge in [-0.15, -0.1) is 0 Å². The monoisotopic (exact) mass is 267 g/mol. The van der Waals surface area contributed by atoms with Crippen LogP contribution in [0, 0.1) is 0 Å². The number of nitrogens with one attached hydrogen (secondary N) is 2. The van der Waals surface area contributed by atoms with Gasteiger partial charge in [-0.3, -0.25) is 9.89 Å². The Balaban J connectivity index is 1.77. The molecule has 0 aliphatic rings. The van der Waals surface area contributed by atoms with Crippen LogP contribution in [-0.2, 0) is 6.54 Å². The first-order chi connectivity index (χ1) is 9.74. The summed E-state index contributed by atoms with van der Waals surface area (Å²) >= 11 is 0. The van der Waals surface area contributed by atoms with E-state index in [4.69, 9.17) is 5.73 Å². The van der Waals surface area contributed by atoms with Crippen molar-refractivity contribution in [1.29, 1.82) is 0 Å². The van der Waals surface area contributed by atoms with E-state index in [1.807, 2.05) is 24.3 Å². The largest absolute Gasteiger partial charge is 0.383 e. The number of aromatic nitrogens is 3. The van der Waals surface area contributed by atoms with Gasteiger partial charge in [-0.1, -0.05) is 12.1 Å². The van der Waals surface area contributed by atoms with E-state index in [1.165, 1.54) is 6.20 Å². The van der Waals surface area contributed by atoms with E-state index in [1.54, 1.807) is 12.4 Å². The van der Waals surface area contributed by atoms with E-state index in [-0.39, 0.29) is 5.91 Å². The first-order valence-corrected chi connectivity index (χ1v) is 6.14. The fourth-order valence-corrected chi connectivity index (χ4v) is 2.02. The molecule has 3 aromatic rings. The number of carbonyl (C=O) groups is 1. The number of anilines is 1. The van der Waals surface area contributed by atoms with Crippen LogP contribution >= 0.6 is 0 Å². The Kier molecular flexibility index (Phi) is 3.04. The molecule has 20 heavy (non-hydrogen) atoms. The second-order valence-corrected chi connectivity index (χ2v) is 4.42. The van der Waals surface area contributed by atoms with Gasteiger partial charge in [0, 0.05) is 24.3 Å². The highest BCUT2D eigenvalue weighted by Crippen LogP contribution is 2.19. The number of pyridine rings is 1. The van der Waals surface area contributed by atoms with Crippen LogP contribution < -0.4 is 11.1 Å². The summed E-state index contributed by atoms with van der Waals surface area (Å²) in [7, 11) is 0. The molecule has 2 aromatic heterocycles. The predicted molar refractivity (Wildman–Crippen MR) is 75.9 cm³/mol. The number of aromatic amines is 1. The van der Waals surface area contributed by atoms with Crippen LogP contribution in [0.3, 0.4) is 0 Å². The molecule has 6 nitrogen and oxygen atoms in total. The van der Waals surface area contributed by atoms with Crippen molar-refractivity contribution < 1.29 is 4.79 Å². The number of benzene rings is 1. The van der Waals surface area contributed by atoms with Crippen LogP contribution in [0.5, 0.6) is 0 Å². The molecular formula is C14H13N5O. The van der Waals surface area contributed by atoms with Gasteiger partial charge in [0.15, 0.2) is 0 Å². The number of nitrogens with zero attached hydrogens (tertiary/aromatic N) is 2. The maximum absolute atomic E-state index is 11.8. The highest BCUT2D eigenvalue weighted by Gasteiger charge is 2.06. The van der Waals surface area contributed by atoms with Crippen molar-refractivity contribution in [3.8, 4) is 0 Å². The molecule has 2 heterocycles. The van der Waals surface area contributed by atoms with E-state index >= 15 is 0 Å². The van der Waals surface area contributed by atoms with Crippen molar-refractivity contribution in [3.63, 3.8) is 0 Å². The van der Waals surface area contributed by atoms with Gasteiger partial charge in [-0.25, -0.2) is 4.98 Å². The first-order valence-electron chi connectivity index (χ1n) is 6.14. The zero-order chi connectivity index (χ0) is 13.9. The molecular weight excluding hydrogens is 254 g/mol. The zero-order valence-electron chi connectivity index (χ0n) is 10.6. The molecule has 0 radical (unpaired) electrons. The molecule has 0 aliphatic heterocycles. The lowest BCUT2D eigenvalue weighted by Crippen LogP contribution is -2.22. The summed E-state index contributed by atoms with van der Waals surface area (Å²) in [5, 5.41) is 11.1. The Hall–Kier alpha value is -2.89. The van der Waals surface area contributed by atoms with Gasteiger partial charge in [0.25, 0.3) is 5.91 Å². The van der Waals surface area contributed by atoms with Crippen molar-refractivity contribution in [2.75, 3.05) is 5.73 Å². The third-order valence-corrected chi connectivity index (χ3v) is 3.07. The third-order valence-electron chi connectivity index (χ3n) is 3.07. The minimum Gasteiger partial charge on any atom is -0.383 e. The van der Waals surface area contributed by atoms with Crippen LogP contribution in [0.2, 0.25) is 0 Å². The second-order valence-electron chi connectivity index (χ2n) is 4.42. The van der Waals surface area contributed by atoms with Crippen LogP contribution in [0.25, 0.3) is 10.8 Å². The standard InChI is InChI=1S/C14H13N5O/c15-13-12-2-1-9(5-10(12)3-4-16-13)6-17-14(20)11-7-18-19-8-11/h1-5,7-8H,6H2,(H2,15,16)(H,17,20)(H,18,19). The van der Waals surface area contributed by atoms with Gasteiger partial charge in [-0.2, -0.15) is 5.10 Å². The SMILES string of the molecule is Nc1nccc2cc(CNC(=O)c3cn[nH]c3)ccc12. The van der Waals surface area contributed by atoms with Crippen LogP contribution in [0.4, 0.5) is 5.82 Å². The molecule has 0 saturated carbocycles. The maximum Gasteiger partial charge on any atom is 0.254 e. The summed E-state index contributed by atoms with van der Waals surface area (Å²) in [5.74, 6) is 0.351. The smallest absolute Gasteiger partial charge is 0.254 e. The lowest BCUT2D eigenvalue weighted by atomic mass is 10.1. The van der Waals surface area contributed by atoms with Gasteiger partial charge in [-0.05, 0) is 23.1 Å². The quantitative estimate of drug-likeness (QED) is 0.669. The molecule has 0 bridgehead atoms. The van der Waals surface area contributed by atoms with Gasteiger partial charge in [0.05, 0.1) is 11.8 Å². The second kappa shape index (κ2) is 5.00. The van der Waals surface area contributed by atoms with Gasteiger partial charge in [0.2, 0.25) is 0 Å². The number of hydrogen-bond donors (Lipinski definition) is 3. The Morgan fingerprint density at radius 1 is 1.35 bits per heavy atom. The highest BCUT2D eigenvalue weighted by atomic mass is 16.1. The molecule has 0 aliphatic carbocycles. The number of rotatable bonds is 3. The van der Waals surface area contributed by atoms with Crippen molar-refractivity contribution in [2.45, 2.75) is 6.54 Å². The van der Waals surface area contributed by atoms with E-state index in [0.29, 0.717) is 17.9 Å². The van der Waals surface area contributed by atoms with Crippen molar-refractivity contribution in [1.82, 2.24) is 20.5 Å². The summed E-state index contributed by atoms with van der Waals surface area (Å²) in [4.78, 5) is 15.8. The van der Waals surface area contributed by atoms with Crippen molar-refractivity contribution in [2.24, 2.45) is 0 Å². The molecule has 1 aromatic carbocycles. The molecule has 0 spiro atoms. The lowest BCUT2D eigenvalue weighted by Gasteiger charge is -2.06. The van der Waals surface area contributed by atoms with Crippen molar-refractivity contribution >= 4 is 22.5 Å². The number of amides is 1. The molecule has 6 heteroatoms. The Morgan fingerprint density at radius 2 is 2.25 bits per heavy atom. The fraction of sp³-hybridized carbons (Fsp3) is 0.0714. The minimum absolute atomic E-state index is 0.159. The Morgan fingerprint density at radius 3 is 3.05 bits per heavy atom. The summed E-state index contributed by atoms with van der Waals surface area (Å²) in [6.07, 6.45) is 4.72. The molecule has 100 valence electrons. The van der Waals surface area contributed by atoms with E-state index < -0.39 is 0 Å². The summed E-state index contributed by atoms with van der Waals surface area (Å²) in [5.41, 5.74) is 7.31. The minimum atomic E-state index is -0.159. The van der Waals surface area contributed by atoms with Crippen LogP contribution in [-0.4, -0.2) is 21.1 Å². The number of hydrogen-bond acceptors (Lipinski definition) is 4. The van der Waals surface area contributed by atoms with Crippen LogP contribution in [0.15, 0.2) is 42.9 Å². The predicted octanol–water partition coefficient (Wildman–Crippen LogP) is 1.47. The number of fused-ring (bicyclic) bond motifs is 1. The molecule has 4 N–H and O–H groups in total. The molecule has 0 atom stereocenters. The van der Waals surface area contributed by atoms with Crippen molar-refractivity contribution in [3.05, 3.63) is 54.0 Å². The Bertz CT molecular complexity index is 751. The van der Waals surface area contributed by atoms with Gasteiger partial charge < -0.3 is 11.1 Å². The zero-order valence-corrected chi connectivity index (χ0v) is 10.6. The average Bonchev–Trinajstić information content (AvgIpc) is 2.99. The maximum atomic E-state index is 11.8. The summed E-state index contributed by atoms with van der Waals surface area (Å²) in [6, 6.07) is 7.73. The first kappa shape index (κ1) is 12.2. The average molecular weight is 267 g/mol. The molecule has 0 saturated heterocycles. The topological polar surface area (TPSA) is 96.7 Å². The fourth-order valence-electron chi connectivity index (χ4n) is 2.02. The van der Waals surface area contributed by atoms with Gasteiger partial charge in [0.1, 0.15) is 5.82 Å². The van der Waals surface area contributed by atoms with Gasteiger partial charge >= 0.3 is 0 Å². The molecule has 3 rings (SSSR count). The van der Waals surface area contributed by atoms with Crippen LogP contribution in [0.1, 0.15) is 15.9 Å². The Labute approximate surface area is 115 Å². The molecule has 1 amide bonds. The highest BCUT2D eigenvalue weighted by molar-refractivity contribution is 5.94. The lowest BCUT2D eigenvalue weighted by molar-refractivity contribution is 0.0951. The summed E-state index contributed by atoms with van der Waals surface area (Å²) in [6.45, 7) is 0.447. The third kappa shape index (κ3) is 2.31. The summed E-state index contributed by atoms with van der Waals surface area (Å²) < 4.78 is 0. The molecule has 0 fully saturated rings. The van der Waals surface area contributed by atoms with E-state index in [2.05, 4.69) is 20.5 Å².